The normalized spacial score (nSPS) is 11.1. The molecular weight excluding hydrogens is 420 g/mol. The van der Waals surface area contributed by atoms with Crippen LogP contribution in [0, 0.1) is 6.92 Å². The number of amides is 1. The first-order valence-electron chi connectivity index (χ1n) is 9.57. The number of rotatable bonds is 8. The van der Waals surface area contributed by atoms with Gasteiger partial charge in [0.1, 0.15) is 0 Å². The fourth-order valence-corrected chi connectivity index (χ4v) is 4.28. The molecule has 0 bridgehead atoms. The van der Waals surface area contributed by atoms with Crippen LogP contribution in [0.3, 0.4) is 0 Å². The van der Waals surface area contributed by atoms with Gasteiger partial charge in [-0.2, -0.15) is 0 Å². The largest absolute Gasteiger partial charge is 0.352 e. The van der Waals surface area contributed by atoms with E-state index >= 15 is 0 Å². The van der Waals surface area contributed by atoms with Crippen molar-refractivity contribution >= 4 is 33.2 Å². The van der Waals surface area contributed by atoms with Crippen LogP contribution in [-0.4, -0.2) is 20.9 Å². The van der Waals surface area contributed by atoms with Gasteiger partial charge in [-0.25, -0.2) is 8.42 Å². The minimum Gasteiger partial charge on any atom is -0.352 e. The van der Waals surface area contributed by atoms with Gasteiger partial charge < -0.3 is 5.32 Å². The number of hydrogen-bond donors (Lipinski definition) is 2. The van der Waals surface area contributed by atoms with Crippen molar-refractivity contribution in [1.29, 1.82) is 0 Å². The number of nitrogens with one attached hydrogen (secondary N) is 2. The third-order valence-electron chi connectivity index (χ3n) is 4.61. The van der Waals surface area contributed by atoms with Gasteiger partial charge in [-0.3, -0.25) is 9.52 Å². The highest BCUT2D eigenvalue weighted by molar-refractivity contribution is 7.92. The van der Waals surface area contributed by atoms with Crippen molar-refractivity contribution < 1.29 is 13.2 Å². The van der Waals surface area contributed by atoms with Crippen molar-refractivity contribution in [1.82, 2.24) is 5.32 Å². The first-order chi connectivity index (χ1) is 14.4. The maximum absolute atomic E-state index is 12.7. The van der Waals surface area contributed by atoms with Gasteiger partial charge >= 0.3 is 0 Å². The van der Waals surface area contributed by atoms with E-state index in [1.807, 2.05) is 31.2 Å². The fraction of sp³-hybridized carbons (Fsp3) is 0.174. The van der Waals surface area contributed by atoms with Crippen molar-refractivity contribution in [2.45, 2.75) is 24.7 Å². The van der Waals surface area contributed by atoms with Crippen molar-refractivity contribution in [3.63, 3.8) is 0 Å². The molecule has 0 spiro atoms. The standard InChI is InChI=1S/C23H23ClN2O3S/c1-17-12-14-19(15-13-17)30(28,29)26-22-11-5-3-9-20(22)23(27)25-16-6-8-18-7-2-4-10-21(18)24/h2-5,7,9-15,26H,6,8,16H2,1H3,(H,25,27). The summed E-state index contributed by atoms with van der Waals surface area (Å²) in [6.07, 6.45) is 1.45. The maximum Gasteiger partial charge on any atom is 0.261 e. The van der Waals surface area contributed by atoms with Crippen LogP contribution >= 0.6 is 11.6 Å². The van der Waals surface area contributed by atoms with E-state index in [9.17, 15) is 13.2 Å². The lowest BCUT2D eigenvalue weighted by Crippen LogP contribution is -2.26. The average molecular weight is 443 g/mol. The first kappa shape index (κ1) is 21.9. The van der Waals surface area contributed by atoms with E-state index in [-0.39, 0.29) is 22.1 Å². The summed E-state index contributed by atoms with van der Waals surface area (Å²) in [5.41, 5.74) is 2.50. The molecule has 7 heteroatoms. The van der Waals surface area contributed by atoms with Crippen LogP contribution in [0.2, 0.25) is 5.02 Å². The number of hydrogen-bond acceptors (Lipinski definition) is 3. The third-order valence-corrected chi connectivity index (χ3v) is 6.36. The van der Waals surface area contributed by atoms with Crippen molar-refractivity contribution in [3.8, 4) is 0 Å². The Kier molecular flexibility index (Phi) is 7.13. The molecule has 0 fully saturated rings. The summed E-state index contributed by atoms with van der Waals surface area (Å²) >= 11 is 6.15. The summed E-state index contributed by atoms with van der Waals surface area (Å²) in [4.78, 5) is 12.8. The van der Waals surface area contributed by atoms with Crippen molar-refractivity contribution in [2.24, 2.45) is 0 Å². The number of carbonyl (C=O) groups is 1. The second-order valence-electron chi connectivity index (χ2n) is 6.91. The number of para-hydroxylation sites is 1. The molecule has 0 saturated carbocycles. The monoisotopic (exact) mass is 442 g/mol. The summed E-state index contributed by atoms with van der Waals surface area (Å²) in [7, 11) is -3.80. The van der Waals surface area contributed by atoms with Crippen molar-refractivity contribution in [2.75, 3.05) is 11.3 Å². The number of carbonyl (C=O) groups excluding carboxylic acids is 1. The maximum atomic E-state index is 12.7. The van der Waals surface area contributed by atoms with Crippen molar-refractivity contribution in [3.05, 3.63) is 94.5 Å². The van der Waals surface area contributed by atoms with E-state index in [1.54, 1.807) is 36.4 Å². The number of aryl methyl sites for hydroxylation is 2. The lowest BCUT2D eigenvalue weighted by Gasteiger charge is -2.13. The fourth-order valence-electron chi connectivity index (χ4n) is 2.97. The number of anilines is 1. The van der Waals surface area contributed by atoms with Crippen LogP contribution < -0.4 is 10.0 Å². The van der Waals surface area contributed by atoms with E-state index in [4.69, 9.17) is 11.6 Å². The Morgan fingerprint density at radius 2 is 1.60 bits per heavy atom. The van der Waals surface area contributed by atoms with Crippen LogP contribution in [0.15, 0.2) is 77.7 Å². The minimum absolute atomic E-state index is 0.142. The molecule has 0 aliphatic rings. The highest BCUT2D eigenvalue weighted by atomic mass is 35.5. The van der Waals surface area contributed by atoms with Crippen LogP contribution in [-0.2, 0) is 16.4 Å². The van der Waals surface area contributed by atoms with Gasteiger partial charge in [0.05, 0.1) is 16.1 Å². The van der Waals surface area contributed by atoms with E-state index in [1.165, 1.54) is 12.1 Å². The zero-order valence-electron chi connectivity index (χ0n) is 16.6. The van der Waals surface area contributed by atoms with Crippen LogP contribution in [0.5, 0.6) is 0 Å². The molecule has 0 heterocycles. The van der Waals surface area contributed by atoms with Gasteiger partial charge in [-0.15, -0.1) is 0 Å². The molecule has 0 unspecified atom stereocenters. The van der Waals surface area contributed by atoms with Gasteiger partial charge in [0, 0.05) is 11.6 Å². The summed E-state index contributed by atoms with van der Waals surface area (Å²) in [6, 6.07) is 20.7. The second kappa shape index (κ2) is 9.78. The molecule has 0 atom stereocenters. The molecule has 3 aromatic rings. The molecular formula is C23H23ClN2O3S. The summed E-state index contributed by atoms with van der Waals surface area (Å²) in [6.45, 7) is 2.33. The predicted octanol–water partition coefficient (Wildman–Crippen LogP) is 4.81. The van der Waals surface area contributed by atoms with Gasteiger partial charge in [0.2, 0.25) is 0 Å². The van der Waals surface area contributed by atoms with Gasteiger partial charge in [-0.1, -0.05) is 59.6 Å². The van der Waals surface area contributed by atoms with Gasteiger partial charge in [0.15, 0.2) is 0 Å². The molecule has 0 radical (unpaired) electrons. The third kappa shape index (κ3) is 5.62. The molecule has 1 amide bonds. The Morgan fingerprint density at radius 1 is 0.933 bits per heavy atom. The highest BCUT2D eigenvalue weighted by Gasteiger charge is 2.18. The lowest BCUT2D eigenvalue weighted by atomic mass is 10.1. The SMILES string of the molecule is Cc1ccc(S(=O)(=O)Nc2ccccc2C(=O)NCCCc2ccccc2Cl)cc1. The molecule has 2 N–H and O–H groups in total. The molecule has 3 aromatic carbocycles. The zero-order valence-corrected chi connectivity index (χ0v) is 18.1. The summed E-state index contributed by atoms with van der Waals surface area (Å²) in [5.74, 6) is -0.337. The number of halogens is 1. The second-order valence-corrected chi connectivity index (χ2v) is 9.00. The summed E-state index contributed by atoms with van der Waals surface area (Å²) < 4.78 is 27.9. The molecule has 0 saturated heterocycles. The molecule has 156 valence electrons. The van der Waals surface area contributed by atoms with Crippen LogP contribution in [0.1, 0.15) is 27.9 Å². The van der Waals surface area contributed by atoms with Crippen LogP contribution in [0.25, 0.3) is 0 Å². The highest BCUT2D eigenvalue weighted by Crippen LogP contribution is 2.21. The minimum atomic E-state index is -3.80. The topological polar surface area (TPSA) is 75.3 Å². The zero-order chi connectivity index (χ0) is 21.6. The Morgan fingerprint density at radius 3 is 2.33 bits per heavy atom. The van der Waals surface area contributed by atoms with Gasteiger partial charge in [0.25, 0.3) is 15.9 Å². The first-order valence-corrected chi connectivity index (χ1v) is 11.4. The average Bonchev–Trinajstić information content (AvgIpc) is 2.72. The number of sulfonamides is 1. The summed E-state index contributed by atoms with van der Waals surface area (Å²) in [5, 5.41) is 3.55. The Bertz CT molecular complexity index is 1130. The molecule has 30 heavy (non-hydrogen) atoms. The molecule has 5 nitrogen and oxygen atoms in total. The predicted molar refractivity (Wildman–Crippen MR) is 121 cm³/mol. The Balaban J connectivity index is 1.65. The lowest BCUT2D eigenvalue weighted by molar-refractivity contribution is 0.0954. The Labute approximate surface area is 182 Å². The number of benzene rings is 3. The van der Waals surface area contributed by atoms with E-state index < -0.39 is 10.0 Å². The van der Waals surface area contributed by atoms with E-state index in [2.05, 4.69) is 10.0 Å². The van der Waals surface area contributed by atoms with E-state index in [0.717, 1.165) is 17.5 Å². The molecule has 0 aliphatic carbocycles. The van der Waals surface area contributed by atoms with E-state index in [0.29, 0.717) is 18.0 Å². The quantitative estimate of drug-likeness (QED) is 0.491. The Hall–Kier alpha value is -2.83. The molecule has 3 rings (SSSR count). The molecule has 0 aliphatic heterocycles. The van der Waals surface area contributed by atoms with Gasteiger partial charge in [-0.05, 0) is 55.7 Å². The van der Waals surface area contributed by atoms with Crippen LogP contribution in [0.4, 0.5) is 5.69 Å². The molecule has 0 aromatic heterocycles. The smallest absolute Gasteiger partial charge is 0.261 e.